The highest BCUT2D eigenvalue weighted by atomic mass is 35.5. The fraction of sp³-hybridized carbons (Fsp3) is 0.118. The largest absolute Gasteiger partial charge is 0.466 e. The van der Waals surface area contributed by atoms with Gasteiger partial charge in [0, 0.05) is 22.3 Å². The molecule has 0 saturated carbocycles. The van der Waals surface area contributed by atoms with Crippen LogP contribution >= 0.6 is 11.6 Å². The predicted molar refractivity (Wildman–Crippen MR) is 88.3 cm³/mol. The number of amides is 1. The third-order valence-electron chi connectivity index (χ3n) is 3.28. The summed E-state index contributed by atoms with van der Waals surface area (Å²) in [4.78, 5) is 11.9. The molecule has 6 heteroatoms. The molecule has 1 heterocycles. The molecule has 5 nitrogen and oxygen atoms in total. The van der Waals surface area contributed by atoms with Crippen LogP contribution < -0.4 is 10.1 Å². The van der Waals surface area contributed by atoms with Crippen molar-refractivity contribution in [2.75, 3.05) is 6.61 Å². The van der Waals surface area contributed by atoms with Gasteiger partial charge in [-0.1, -0.05) is 41.9 Å². The molecule has 0 bridgehead atoms. The van der Waals surface area contributed by atoms with Gasteiger partial charge in [0.1, 0.15) is 0 Å². The van der Waals surface area contributed by atoms with Gasteiger partial charge in [-0.3, -0.25) is 4.79 Å². The van der Waals surface area contributed by atoms with Gasteiger partial charge in [0.15, 0.2) is 6.61 Å². The summed E-state index contributed by atoms with van der Waals surface area (Å²) in [7, 11) is 0. The first-order chi connectivity index (χ1) is 11.2. The van der Waals surface area contributed by atoms with Crippen LogP contribution in [0.2, 0.25) is 5.02 Å². The van der Waals surface area contributed by atoms with Crippen LogP contribution in [-0.2, 0) is 11.3 Å². The fourth-order valence-electron chi connectivity index (χ4n) is 2.10. The van der Waals surface area contributed by atoms with Crippen molar-refractivity contribution in [2.24, 2.45) is 0 Å². The van der Waals surface area contributed by atoms with E-state index in [4.69, 9.17) is 16.3 Å². The third-order valence-corrected chi connectivity index (χ3v) is 3.53. The van der Waals surface area contributed by atoms with Crippen LogP contribution in [0.3, 0.4) is 0 Å². The SMILES string of the molecule is O=C(COc1nncc2ccccc12)NCc1ccc(Cl)cc1. The molecular weight excluding hydrogens is 314 g/mol. The predicted octanol–water partition coefficient (Wildman–Crippen LogP) is 2.98. The summed E-state index contributed by atoms with van der Waals surface area (Å²) in [6, 6.07) is 14.9. The number of carbonyl (C=O) groups is 1. The number of hydrogen-bond acceptors (Lipinski definition) is 4. The zero-order valence-corrected chi connectivity index (χ0v) is 13.0. The number of benzene rings is 2. The highest BCUT2D eigenvalue weighted by Gasteiger charge is 2.07. The molecule has 0 atom stereocenters. The van der Waals surface area contributed by atoms with Crippen LogP contribution in [0.1, 0.15) is 5.56 Å². The van der Waals surface area contributed by atoms with Crippen molar-refractivity contribution < 1.29 is 9.53 Å². The van der Waals surface area contributed by atoms with E-state index in [1.807, 2.05) is 36.4 Å². The first-order valence-corrected chi connectivity index (χ1v) is 7.44. The summed E-state index contributed by atoms with van der Waals surface area (Å²) in [5, 5.41) is 13.0. The smallest absolute Gasteiger partial charge is 0.258 e. The highest BCUT2D eigenvalue weighted by molar-refractivity contribution is 6.30. The Morgan fingerprint density at radius 2 is 1.91 bits per heavy atom. The maximum Gasteiger partial charge on any atom is 0.258 e. The lowest BCUT2D eigenvalue weighted by Crippen LogP contribution is -2.28. The van der Waals surface area contributed by atoms with Crippen molar-refractivity contribution in [1.82, 2.24) is 15.5 Å². The molecule has 0 saturated heterocycles. The zero-order valence-electron chi connectivity index (χ0n) is 12.2. The molecule has 1 amide bonds. The standard InChI is InChI=1S/C17H14ClN3O2/c18-14-7-5-12(6-8-14)9-19-16(22)11-23-17-15-4-2-1-3-13(15)10-20-21-17/h1-8,10H,9,11H2,(H,19,22). The summed E-state index contributed by atoms with van der Waals surface area (Å²) in [5.74, 6) is 0.124. The summed E-state index contributed by atoms with van der Waals surface area (Å²) in [5.41, 5.74) is 0.965. The van der Waals surface area contributed by atoms with Gasteiger partial charge in [-0.15, -0.1) is 5.10 Å². The molecule has 0 aliphatic carbocycles. The Kier molecular flexibility index (Phi) is 4.68. The van der Waals surface area contributed by atoms with Crippen LogP contribution in [-0.4, -0.2) is 22.7 Å². The molecular formula is C17H14ClN3O2. The molecule has 1 aromatic heterocycles. The van der Waals surface area contributed by atoms with Gasteiger partial charge in [-0.2, -0.15) is 5.10 Å². The molecule has 23 heavy (non-hydrogen) atoms. The van der Waals surface area contributed by atoms with Crippen LogP contribution in [0, 0.1) is 0 Å². The van der Waals surface area contributed by atoms with Gasteiger partial charge >= 0.3 is 0 Å². The normalized spacial score (nSPS) is 10.5. The van der Waals surface area contributed by atoms with E-state index in [-0.39, 0.29) is 12.5 Å². The molecule has 2 aromatic carbocycles. The number of hydrogen-bond donors (Lipinski definition) is 1. The first-order valence-electron chi connectivity index (χ1n) is 7.07. The van der Waals surface area contributed by atoms with Gasteiger partial charge < -0.3 is 10.1 Å². The van der Waals surface area contributed by atoms with Crippen molar-refractivity contribution in [3.63, 3.8) is 0 Å². The number of aromatic nitrogens is 2. The first kappa shape index (κ1) is 15.2. The van der Waals surface area contributed by atoms with Crippen molar-refractivity contribution >= 4 is 28.3 Å². The number of halogens is 1. The number of nitrogens with zero attached hydrogens (tertiary/aromatic N) is 2. The van der Waals surface area contributed by atoms with Crippen molar-refractivity contribution in [3.05, 3.63) is 65.3 Å². The topological polar surface area (TPSA) is 64.1 Å². The second-order valence-electron chi connectivity index (χ2n) is 4.93. The van der Waals surface area contributed by atoms with E-state index in [0.717, 1.165) is 16.3 Å². The number of ether oxygens (including phenoxy) is 1. The van der Waals surface area contributed by atoms with Gasteiger partial charge in [0.2, 0.25) is 5.88 Å². The summed E-state index contributed by atoms with van der Waals surface area (Å²) in [6.07, 6.45) is 1.66. The minimum Gasteiger partial charge on any atom is -0.466 e. The molecule has 0 unspecified atom stereocenters. The van der Waals surface area contributed by atoms with E-state index >= 15 is 0 Å². The molecule has 3 rings (SSSR count). The lowest BCUT2D eigenvalue weighted by Gasteiger charge is -2.08. The summed E-state index contributed by atoms with van der Waals surface area (Å²) < 4.78 is 5.48. The van der Waals surface area contributed by atoms with Crippen LogP contribution in [0.5, 0.6) is 5.88 Å². The lowest BCUT2D eigenvalue weighted by molar-refractivity contribution is -0.123. The maximum absolute atomic E-state index is 11.9. The van der Waals surface area contributed by atoms with E-state index in [9.17, 15) is 4.79 Å². The van der Waals surface area contributed by atoms with E-state index in [2.05, 4.69) is 15.5 Å². The molecule has 0 aliphatic rings. The summed E-state index contributed by atoms with van der Waals surface area (Å²) >= 11 is 5.82. The third kappa shape index (κ3) is 3.96. The van der Waals surface area contributed by atoms with Gasteiger partial charge in [0.05, 0.1) is 6.20 Å². The van der Waals surface area contributed by atoms with Crippen LogP contribution in [0.25, 0.3) is 10.8 Å². The van der Waals surface area contributed by atoms with Gasteiger partial charge in [-0.05, 0) is 23.8 Å². The Morgan fingerprint density at radius 1 is 1.13 bits per heavy atom. The Labute approximate surface area is 138 Å². The lowest BCUT2D eigenvalue weighted by atomic mass is 10.2. The molecule has 116 valence electrons. The number of carbonyl (C=O) groups excluding carboxylic acids is 1. The fourth-order valence-corrected chi connectivity index (χ4v) is 2.22. The van der Waals surface area contributed by atoms with Crippen molar-refractivity contribution in [3.8, 4) is 5.88 Å². The van der Waals surface area contributed by atoms with E-state index in [1.54, 1.807) is 18.3 Å². The molecule has 0 fully saturated rings. The monoisotopic (exact) mass is 327 g/mol. The second-order valence-corrected chi connectivity index (χ2v) is 5.37. The Morgan fingerprint density at radius 3 is 2.74 bits per heavy atom. The maximum atomic E-state index is 11.9. The van der Waals surface area contributed by atoms with Crippen LogP contribution in [0.15, 0.2) is 54.7 Å². The highest BCUT2D eigenvalue weighted by Crippen LogP contribution is 2.21. The molecule has 0 radical (unpaired) electrons. The molecule has 1 N–H and O–H groups in total. The molecule has 0 aliphatic heterocycles. The van der Waals surface area contributed by atoms with E-state index in [1.165, 1.54) is 0 Å². The average molecular weight is 328 g/mol. The van der Waals surface area contributed by atoms with Crippen molar-refractivity contribution in [1.29, 1.82) is 0 Å². The second kappa shape index (κ2) is 7.07. The van der Waals surface area contributed by atoms with Gasteiger partial charge in [-0.25, -0.2) is 0 Å². The zero-order chi connectivity index (χ0) is 16.1. The number of rotatable bonds is 5. The summed E-state index contributed by atoms with van der Waals surface area (Å²) in [6.45, 7) is 0.302. The van der Waals surface area contributed by atoms with Crippen molar-refractivity contribution in [2.45, 2.75) is 6.54 Å². The Balaban J connectivity index is 1.57. The quantitative estimate of drug-likeness (QED) is 0.782. The average Bonchev–Trinajstić information content (AvgIpc) is 2.59. The van der Waals surface area contributed by atoms with Gasteiger partial charge in [0.25, 0.3) is 5.91 Å². The Bertz CT molecular complexity index is 816. The van der Waals surface area contributed by atoms with E-state index < -0.39 is 0 Å². The van der Waals surface area contributed by atoms with E-state index in [0.29, 0.717) is 17.4 Å². The van der Waals surface area contributed by atoms with Crippen LogP contribution in [0.4, 0.5) is 0 Å². The molecule has 0 spiro atoms. The number of fused-ring (bicyclic) bond motifs is 1. The number of nitrogens with one attached hydrogen (secondary N) is 1. The minimum atomic E-state index is -0.227. The minimum absolute atomic E-state index is 0.115. The molecule has 3 aromatic rings. The Hall–Kier alpha value is -2.66.